The van der Waals surface area contributed by atoms with Crippen molar-refractivity contribution in [1.29, 1.82) is 0 Å². The van der Waals surface area contributed by atoms with Crippen molar-refractivity contribution in [3.63, 3.8) is 0 Å². The van der Waals surface area contributed by atoms with Gasteiger partial charge in [-0.05, 0) is 48.8 Å². The molecule has 0 aliphatic rings. The highest BCUT2D eigenvalue weighted by molar-refractivity contribution is 7.10. The van der Waals surface area contributed by atoms with Crippen LogP contribution in [0.2, 0.25) is 0 Å². The molecule has 0 saturated carbocycles. The molecule has 0 radical (unpaired) electrons. The summed E-state index contributed by atoms with van der Waals surface area (Å²) in [4.78, 5) is 5.64. The van der Waals surface area contributed by atoms with Crippen LogP contribution in [0.4, 0.5) is 0 Å². The zero-order valence-electron chi connectivity index (χ0n) is 13.7. The van der Waals surface area contributed by atoms with Crippen molar-refractivity contribution in [2.75, 3.05) is 20.2 Å². The van der Waals surface area contributed by atoms with Gasteiger partial charge in [0.2, 0.25) is 0 Å². The lowest BCUT2D eigenvalue weighted by atomic mass is 10.2. The summed E-state index contributed by atoms with van der Waals surface area (Å²) in [7, 11) is 1.96. The van der Waals surface area contributed by atoms with E-state index in [9.17, 15) is 0 Å². The maximum atomic E-state index is 5.98. The van der Waals surface area contributed by atoms with Gasteiger partial charge < -0.3 is 10.1 Å². The van der Waals surface area contributed by atoms with Crippen molar-refractivity contribution in [2.24, 2.45) is 4.99 Å². The first-order valence-electron chi connectivity index (χ1n) is 7.88. The molecule has 0 saturated heterocycles. The Morgan fingerprint density at radius 2 is 2.04 bits per heavy atom. The van der Waals surface area contributed by atoms with Crippen LogP contribution in [-0.2, 0) is 4.74 Å². The highest BCUT2D eigenvalue weighted by Crippen LogP contribution is 2.24. The first-order valence-corrected chi connectivity index (χ1v) is 8.76. The minimum absolute atomic E-state index is 0.130. The van der Waals surface area contributed by atoms with Crippen molar-refractivity contribution < 1.29 is 4.74 Å². The lowest BCUT2D eigenvalue weighted by Gasteiger charge is -2.14. The van der Waals surface area contributed by atoms with Gasteiger partial charge in [-0.15, -0.1) is 11.3 Å². The number of nitrogens with one attached hydrogen (secondary N) is 1. The number of hydrogen-bond donors (Lipinski definition) is 1. The normalized spacial score (nSPS) is 14.7. The Balaban J connectivity index is 1.94. The average Bonchev–Trinajstić information content (AvgIpc) is 3.12. The van der Waals surface area contributed by atoms with Crippen molar-refractivity contribution in [2.45, 2.75) is 19.4 Å². The smallest absolute Gasteiger partial charge is 0.0933 e. The van der Waals surface area contributed by atoms with Crippen molar-refractivity contribution in [1.82, 2.24) is 5.32 Å². The molecule has 0 amide bonds. The Bertz CT molecular complexity index is 707. The number of aliphatic imine (C=N–C) groups is 1. The number of rotatable bonds is 8. The third-order valence-corrected chi connectivity index (χ3v) is 4.48. The lowest BCUT2D eigenvalue weighted by molar-refractivity contribution is 0.0798. The minimum Gasteiger partial charge on any atom is -0.367 e. The first-order chi connectivity index (χ1) is 11.3. The van der Waals surface area contributed by atoms with Crippen LogP contribution < -0.4 is 15.8 Å². The van der Waals surface area contributed by atoms with Gasteiger partial charge in [0.25, 0.3) is 0 Å². The molecule has 0 spiro atoms. The second-order valence-corrected chi connectivity index (χ2v) is 6.09. The number of nitrogens with zero attached hydrogens (tertiary/aromatic N) is 1. The topological polar surface area (TPSA) is 33.6 Å². The highest BCUT2D eigenvalue weighted by atomic mass is 32.1. The Kier molecular flexibility index (Phi) is 7.73. The fraction of sp³-hybridized carbons (Fsp3) is 0.316. The Hall–Kier alpha value is -1.75. The Labute approximate surface area is 142 Å². The van der Waals surface area contributed by atoms with Gasteiger partial charge >= 0.3 is 0 Å². The summed E-state index contributed by atoms with van der Waals surface area (Å²) in [6.07, 6.45) is 6.88. The molecule has 0 fully saturated rings. The summed E-state index contributed by atoms with van der Waals surface area (Å²) in [5.74, 6) is 0. The molecule has 0 aliphatic heterocycles. The van der Waals surface area contributed by atoms with Crippen LogP contribution in [0.25, 0.3) is 12.3 Å². The predicted molar refractivity (Wildman–Crippen MR) is 100 cm³/mol. The van der Waals surface area contributed by atoms with E-state index < -0.39 is 0 Å². The lowest BCUT2D eigenvalue weighted by Crippen LogP contribution is -2.22. The summed E-state index contributed by atoms with van der Waals surface area (Å²) in [6.45, 7) is 3.49. The predicted octanol–water partition coefficient (Wildman–Crippen LogP) is 2.72. The highest BCUT2D eigenvalue weighted by Gasteiger charge is 2.11. The second-order valence-electron chi connectivity index (χ2n) is 5.11. The number of thiophene rings is 1. The molecule has 1 atom stereocenters. The maximum Gasteiger partial charge on any atom is 0.0933 e. The fourth-order valence-corrected chi connectivity index (χ4v) is 3.09. The molecule has 1 unspecified atom stereocenters. The van der Waals surface area contributed by atoms with Crippen LogP contribution in [0, 0.1) is 0 Å². The van der Waals surface area contributed by atoms with Gasteiger partial charge in [-0.3, -0.25) is 4.99 Å². The molecule has 1 heterocycles. The molecule has 1 aromatic heterocycles. The summed E-state index contributed by atoms with van der Waals surface area (Å²) in [6, 6.07) is 12.4. The van der Waals surface area contributed by atoms with Crippen LogP contribution in [0.15, 0.2) is 46.8 Å². The van der Waals surface area contributed by atoms with Crippen LogP contribution in [0.1, 0.15) is 24.3 Å². The molecule has 2 aromatic rings. The quantitative estimate of drug-likeness (QED) is 0.756. The SMILES string of the molecule is C/C=c1/cccc/c1=C/N=C\COC(CCNC)c1cccs1. The molecule has 1 aromatic carbocycles. The van der Waals surface area contributed by atoms with Gasteiger partial charge in [0.15, 0.2) is 0 Å². The van der Waals surface area contributed by atoms with Gasteiger partial charge in [0.05, 0.1) is 12.7 Å². The molecule has 0 aliphatic carbocycles. The van der Waals surface area contributed by atoms with E-state index >= 15 is 0 Å². The molecule has 3 nitrogen and oxygen atoms in total. The standard InChI is InChI=1S/C19H24N2OS/c1-3-16-7-4-5-8-17(16)15-21-12-13-22-18(10-11-20-2)19-9-6-14-23-19/h3-9,12,14-15,18,20H,10-11,13H2,1-2H3/b16-3-,17-15-,21-12-. The van der Waals surface area contributed by atoms with Crippen LogP contribution >= 0.6 is 11.3 Å². The number of benzene rings is 1. The van der Waals surface area contributed by atoms with E-state index in [1.165, 1.54) is 10.1 Å². The molecule has 4 heteroatoms. The molecule has 0 bridgehead atoms. The van der Waals surface area contributed by atoms with Crippen molar-refractivity contribution in [3.8, 4) is 0 Å². The van der Waals surface area contributed by atoms with Gasteiger partial charge in [0.1, 0.15) is 0 Å². The molecule has 2 rings (SSSR count). The molecule has 1 N–H and O–H groups in total. The zero-order valence-corrected chi connectivity index (χ0v) is 14.6. The van der Waals surface area contributed by atoms with E-state index in [0.29, 0.717) is 6.61 Å². The van der Waals surface area contributed by atoms with E-state index in [0.717, 1.165) is 18.2 Å². The van der Waals surface area contributed by atoms with E-state index in [2.05, 4.69) is 46.0 Å². The third kappa shape index (κ3) is 5.75. The first kappa shape index (κ1) is 17.6. The van der Waals surface area contributed by atoms with Crippen molar-refractivity contribution >= 4 is 29.8 Å². The van der Waals surface area contributed by atoms with E-state index in [-0.39, 0.29) is 6.10 Å². The van der Waals surface area contributed by atoms with Crippen LogP contribution in [0.3, 0.4) is 0 Å². The largest absolute Gasteiger partial charge is 0.367 e. The summed E-state index contributed by atoms with van der Waals surface area (Å²) >= 11 is 1.74. The monoisotopic (exact) mass is 328 g/mol. The van der Waals surface area contributed by atoms with Crippen molar-refractivity contribution in [3.05, 3.63) is 57.1 Å². The maximum absolute atomic E-state index is 5.98. The summed E-state index contributed by atoms with van der Waals surface area (Å²) < 4.78 is 5.98. The number of hydrogen-bond acceptors (Lipinski definition) is 4. The molecule has 122 valence electrons. The van der Waals surface area contributed by atoms with E-state index in [1.54, 1.807) is 11.3 Å². The van der Waals surface area contributed by atoms with E-state index in [4.69, 9.17) is 4.74 Å². The number of ether oxygens (including phenoxy) is 1. The fourth-order valence-electron chi connectivity index (χ4n) is 2.28. The molecular formula is C19H24N2OS. The second kappa shape index (κ2) is 10.1. The van der Waals surface area contributed by atoms with E-state index in [1.807, 2.05) is 38.5 Å². The van der Waals surface area contributed by atoms with Crippen LogP contribution in [-0.4, -0.2) is 26.4 Å². The molecular weight excluding hydrogens is 304 g/mol. The zero-order chi connectivity index (χ0) is 16.3. The Morgan fingerprint density at radius 3 is 2.74 bits per heavy atom. The minimum atomic E-state index is 0.130. The van der Waals surface area contributed by atoms with Gasteiger partial charge in [-0.25, -0.2) is 0 Å². The summed E-state index contributed by atoms with van der Waals surface area (Å²) in [5.41, 5.74) is 0. The van der Waals surface area contributed by atoms with Crippen LogP contribution in [0.5, 0.6) is 0 Å². The molecule has 23 heavy (non-hydrogen) atoms. The van der Waals surface area contributed by atoms with Gasteiger partial charge in [-0.1, -0.05) is 36.4 Å². The average molecular weight is 328 g/mol. The third-order valence-electron chi connectivity index (χ3n) is 3.52. The Morgan fingerprint density at radius 1 is 1.22 bits per heavy atom. The van der Waals surface area contributed by atoms with Gasteiger partial charge in [0, 0.05) is 17.3 Å². The summed E-state index contributed by atoms with van der Waals surface area (Å²) in [5, 5.41) is 7.58. The van der Waals surface area contributed by atoms with Gasteiger partial charge in [-0.2, -0.15) is 0 Å².